The highest BCUT2D eigenvalue weighted by Crippen LogP contribution is 2.35. The van der Waals surface area contributed by atoms with Gasteiger partial charge in [-0.05, 0) is 69.3 Å². The van der Waals surface area contributed by atoms with E-state index in [-0.39, 0.29) is 12.5 Å². The smallest absolute Gasteiger partial charge is 0.408 e. The van der Waals surface area contributed by atoms with E-state index in [1.165, 1.54) is 15.8 Å². The molecule has 0 bridgehead atoms. The molecule has 40 heavy (non-hydrogen) atoms. The lowest BCUT2D eigenvalue weighted by Gasteiger charge is -2.36. The zero-order valence-electron chi connectivity index (χ0n) is 24.0. The minimum absolute atomic E-state index is 0.202. The van der Waals surface area contributed by atoms with Gasteiger partial charge in [0.2, 0.25) is 5.91 Å². The summed E-state index contributed by atoms with van der Waals surface area (Å²) in [6.07, 6.45) is 0.260. The van der Waals surface area contributed by atoms with E-state index < -0.39 is 11.7 Å². The van der Waals surface area contributed by atoms with Gasteiger partial charge in [-0.15, -0.1) is 11.3 Å². The van der Waals surface area contributed by atoms with Crippen LogP contribution in [0.3, 0.4) is 0 Å². The van der Waals surface area contributed by atoms with Gasteiger partial charge in [0, 0.05) is 60.3 Å². The summed E-state index contributed by atoms with van der Waals surface area (Å²) in [6, 6.07) is 12.3. The van der Waals surface area contributed by atoms with E-state index >= 15 is 0 Å². The van der Waals surface area contributed by atoms with Crippen molar-refractivity contribution in [3.63, 3.8) is 0 Å². The summed E-state index contributed by atoms with van der Waals surface area (Å²) >= 11 is 1.79. The monoisotopic (exact) mass is 568 g/mol. The first kappa shape index (κ1) is 29.5. The SMILES string of the molecule is COc1cc(NC(=O)CNC(=O)OC(C)(C)C)cc(C)c1OCCCN1CCN(c2cccc3sccc23)CC1. The molecule has 0 radical (unpaired) electrons. The fraction of sp³-hybridized carbons (Fsp3) is 0.467. The molecule has 2 heterocycles. The van der Waals surface area contributed by atoms with E-state index in [2.05, 4.69) is 50.1 Å². The number of alkyl carbamates (subject to hydrolysis) is 1. The van der Waals surface area contributed by atoms with Gasteiger partial charge in [0.05, 0.1) is 13.7 Å². The van der Waals surface area contributed by atoms with Crippen LogP contribution in [0.5, 0.6) is 11.5 Å². The number of methoxy groups -OCH3 is 1. The molecular formula is C30H40N4O5S. The zero-order chi connectivity index (χ0) is 28.7. The van der Waals surface area contributed by atoms with E-state index in [1.807, 2.05) is 13.0 Å². The first-order valence-corrected chi connectivity index (χ1v) is 14.5. The molecule has 216 valence electrons. The lowest BCUT2D eigenvalue weighted by molar-refractivity contribution is -0.115. The Morgan fingerprint density at radius 1 is 1.07 bits per heavy atom. The summed E-state index contributed by atoms with van der Waals surface area (Å²) in [4.78, 5) is 29.1. The van der Waals surface area contributed by atoms with E-state index in [1.54, 1.807) is 45.3 Å². The number of carbonyl (C=O) groups excluding carboxylic acids is 2. The lowest BCUT2D eigenvalue weighted by atomic mass is 10.1. The van der Waals surface area contributed by atoms with Gasteiger partial charge in [0.25, 0.3) is 0 Å². The number of nitrogens with zero attached hydrogens (tertiary/aromatic N) is 2. The highest BCUT2D eigenvalue weighted by Gasteiger charge is 2.20. The van der Waals surface area contributed by atoms with Crippen LogP contribution in [0.2, 0.25) is 0 Å². The third kappa shape index (κ3) is 8.02. The van der Waals surface area contributed by atoms with Gasteiger partial charge in [-0.25, -0.2) is 4.79 Å². The minimum Gasteiger partial charge on any atom is -0.493 e. The van der Waals surface area contributed by atoms with Crippen molar-refractivity contribution in [2.45, 2.75) is 39.7 Å². The third-order valence-electron chi connectivity index (χ3n) is 6.59. The van der Waals surface area contributed by atoms with Crippen molar-refractivity contribution in [1.82, 2.24) is 10.2 Å². The number of amides is 2. The Hall–Kier alpha value is -3.50. The average Bonchev–Trinajstić information content (AvgIpc) is 3.39. The van der Waals surface area contributed by atoms with Gasteiger partial charge in [-0.3, -0.25) is 9.69 Å². The Labute approximate surface area is 240 Å². The Morgan fingerprint density at radius 3 is 2.58 bits per heavy atom. The van der Waals surface area contributed by atoms with Crippen molar-refractivity contribution in [3.05, 3.63) is 47.3 Å². The van der Waals surface area contributed by atoms with Gasteiger partial charge >= 0.3 is 6.09 Å². The highest BCUT2D eigenvalue weighted by molar-refractivity contribution is 7.17. The zero-order valence-corrected chi connectivity index (χ0v) is 24.9. The predicted octanol–water partition coefficient (Wildman–Crippen LogP) is 5.27. The number of nitrogens with one attached hydrogen (secondary N) is 2. The second-order valence-corrected chi connectivity index (χ2v) is 11.8. The summed E-state index contributed by atoms with van der Waals surface area (Å²) in [5.41, 5.74) is 2.12. The lowest BCUT2D eigenvalue weighted by Crippen LogP contribution is -2.46. The van der Waals surface area contributed by atoms with Crippen molar-refractivity contribution in [2.24, 2.45) is 0 Å². The Balaban J connectivity index is 1.21. The number of benzene rings is 2. The molecule has 4 rings (SSSR count). The summed E-state index contributed by atoms with van der Waals surface area (Å²) < 4.78 is 18.2. The van der Waals surface area contributed by atoms with Crippen molar-refractivity contribution in [1.29, 1.82) is 0 Å². The number of aryl methyl sites for hydroxylation is 1. The number of hydrogen-bond acceptors (Lipinski definition) is 8. The molecule has 0 spiro atoms. The molecule has 1 fully saturated rings. The molecular weight excluding hydrogens is 528 g/mol. The van der Waals surface area contributed by atoms with E-state index in [4.69, 9.17) is 14.2 Å². The fourth-order valence-electron chi connectivity index (χ4n) is 4.75. The van der Waals surface area contributed by atoms with Gasteiger partial charge in [0.15, 0.2) is 11.5 Å². The Morgan fingerprint density at radius 2 is 1.85 bits per heavy atom. The van der Waals surface area contributed by atoms with Crippen LogP contribution in [-0.4, -0.2) is 75.5 Å². The molecule has 2 amide bonds. The molecule has 0 atom stereocenters. The molecule has 0 aliphatic carbocycles. The molecule has 0 unspecified atom stereocenters. The van der Waals surface area contributed by atoms with Crippen LogP contribution in [0, 0.1) is 6.92 Å². The highest BCUT2D eigenvalue weighted by atomic mass is 32.1. The van der Waals surface area contributed by atoms with Crippen LogP contribution >= 0.6 is 11.3 Å². The first-order chi connectivity index (χ1) is 19.1. The first-order valence-electron chi connectivity index (χ1n) is 13.6. The quantitative estimate of drug-likeness (QED) is 0.322. The topological polar surface area (TPSA) is 92.4 Å². The van der Waals surface area contributed by atoms with E-state index in [0.29, 0.717) is 23.8 Å². The van der Waals surface area contributed by atoms with Crippen molar-refractivity contribution >= 4 is 44.8 Å². The maximum Gasteiger partial charge on any atom is 0.408 e. The molecule has 2 aromatic carbocycles. The fourth-order valence-corrected chi connectivity index (χ4v) is 5.56. The summed E-state index contributed by atoms with van der Waals surface area (Å²) in [5, 5.41) is 8.75. The number of piperazine rings is 1. The van der Waals surface area contributed by atoms with E-state index in [0.717, 1.165) is 44.7 Å². The molecule has 1 aromatic heterocycles. The molecule has 1 saturated heterocycles. The summed E-state index contributed by atoms with van der Waals surface area (Å²) in [5.74, 6) is 0.848. The second-order valence-electron chi connectivity index (χ2n) is 10.9. The molecule has 2 N–H and O–H groups in total. The Bertz CT molecular complexity index is 1310. The number of anilines is 2. The largest absolute Gasteiger partial charge is 0.493 e. The van der Waals surface area contributed by atoms with Gasteiger partial charge in [-0.2, -0.15) is 0 Å². The second kappa shape index (κ2) is 13.2. The summed E-state index contributed by atoms with van der Waals surface area (Å²) in [6.45, 7) is 12.6. The maximum absolute atomic E-state index is 12.3. The molecule has 0 saturated carbocycles. The number of ether oxygens (including phenoxy) is 3. The van der Waals surface area contributed by atoms with Crippen LogP contribution in [0.4, 0.5) is 16.2 Å². The maximum atomic E-state index is 12.3. The standard InChI is InChI=1S/C30H40N4O5S/c1-21-18-22(32-27(35)20-31-29(36)39-30(2,3)4)19-25(37-5)28(21)38-16-7-11-33-12-14-34(15-13-33)24-8-6-9-26-23(24)10-17-40-26/h6,8-10,17-19H,7,11-16,20H2,1-5H3,(H,31,36)(H,32,35). The molecule has 1 aliphatic heterocycles. The normalized spacial score (nSPS) is 14.2. The van der Waals surface area contributed by atoms with Crippen LogP contribution in [-0.2, 0) is 9.53 Å². The van der Waals surface area contributed by atoms with Crippen LogP contribution in [0.25, 0.3) is 10.1 Å². The molecule has 9 nitrogen and oxygen atoms in total. The number of hydrogen-bond donors (Lipinski definition) is 2. The summed E-state index contributed by atoms with van der Waals surface area (Å²) in [7, 11) is 1.58. The van der Waals surface area contributed by atoms with Crippen molar-refractivity contribution in [2.75, 3.05) is 63.2 Å². The predicted molar refractivity (Wildman–Crippen MR) is 161 cm³/mol. The van der Waals surface area contributed by atoms with Crippen LogP contribution < -0.4 is 25.0 Å². The molecule has 3 aromatic rings. The number of rotatable bonds is 10. The molecule has 10 heteroatoms. The van der Waals surface area contributed by atoms with Gasteiger partial charge < -0.3 is 29.7 Å². The average molecular weight is 569 g/mol. The van der Waals surface area contributed by atoms with Crippen molar-refractivity contribution in [3.8, 4) is 11.5 Å². The number of fused-ring (bicyclic) bond motifs is 1. The number of carbonyl (C=O) groups is 2. The van der Waals surface area contributed by atoms with Gasteiger partial charge in [-0.1, -0.05) is 6.07 Å². The van der Waals surface area contributed by atoms with Crippen LogP contribution in [0.15, 0.2) is 41.8 Å². The van der Waals surface area contributed by atoms with E-state index in [9.17, 15) is 9.59 Å². The third-order valence-corrected chi connectivity index (χ3v) is 7.47. The van der Waals surface area contributed by atoms with Crippen LogP contribution in [0.1, 0.15) is 32.8 Å². The van der Waals surface area contributed by atoms with Gasteiger partial charge in [0.1, 0.15) is 12.1 Å². The molecule has 1 aliphatic rings. The minimum atomic E-state index is -0.641. The number of thiophene rings is 1. The Kier molecular flexibility index (Phi) is 9.76. The van der Waals surface area contributed by atoms with Crippen molar-refractivity contribution < 1.29 is 23.8 Å².